The molecule has 2 aromatic heterocycles. The van der Waals surface area contributed by atoms with Crippen molar-refractivity contribution in [1.29, 1.82) is 0 Å². The Hall–Kier alpha value is -2.64. The van der Waals surface area contributed by atoms with Gasteiger partial charge in [0.05, 0.1) is 0 Å². The zero-order valence-corrected chi connectivity index (χ0v) is 15.7. The molecule has 0 saturated carbocycles. The summed E-state index contributed by atoms with van der Waals surface area (Å²) in [7, 11) is 0. The van der Waals surface area contributed by atoms with Crippen LogP contribution in [-0.4, -0.2) is 55.8 Å². The Morgan fingerprint density at radius 3 is 2.65 bits per heavy atom. The number of nitrogens with one attached hydrogen (secondary N) is 2. The lowest BCUT2D eigenvalue weighted by atomic mass is 10.1. The van der Waals surface area contributed by atoms with E-state index in [1.165, 1.54) is 0 Å². The fraction of sp³-hybridized carbons (Fsp3) is 0.556. The van der Waals surface area contributed by atoms with E-state index in [1.54, 1.807) is 27.9 Å². The molecule has 1 saturated heterocycles. The van der Waals surface area contributed by atoms with Gasteiger partial charge >= 0.3 is 0 Å². The third kappa shape index (κ3) is 3.79. The number of aromatic amines is 1. The Morgan fingerprint density at radius 2 is 2.04 bits per heavy atom. The number of aromatic nitrogens is 4. The minimum Gasteiger partial charge on any atom is -0.346 e. The molecule has 2 N–H and O–H groups in total. The summed E-state index contributed by atoms with van der Waals surface area (Å²) in [6.07, 6.45) is 2.53. The fourth-order valence-electron chi connectivity index (χ4n) is 2.97. The maximum Gasteiger partial charge on any atom is 0.274 e. The molecule has 1 atom stereocenters. The van der Waals surface area contributed by atoms with E-state index in [-0.39, 0.29) is 23.9 Å². The van der Waals surface area contributed by atoms with Crippen LogP contribution >= 0.6 is 0 Å². The highest BCUT2D eigenvalue weighted by Crippen LogP contribution is 2.17. The van der Waals surface area contributed by atoms with E-state index in [9.17, 15) is 9.59 Å². The Kier molecular flexibility index (Phi) is 5.11. The Morgan fingerprint density at radius 1 is 1.27 bits per heavy atom. The molecule has 1 fully saturated rings. The van der Waals surface area contributed by atoms with Gasteiger partial charge in [-0.3, -0.25) is 19.4 Å². The molecule has 2 amide bonds. The smallest absolute Gasteiger partial charge is 0.274 e. The topological polar surface area (TPSA) is 95.9 Å². The van der Waals surface area contributed by atoms with Crippen molar-refractivity contribution in [2.75, 3.05) is 13.1 Å². The number of hydrogen-bond donors (Lipinski definition) is 2. The standard InChI is InChI=1S/C18H26N6O2/c1-11(2)15-9-16(21-20-15)18(26)23-7-5-13(10-23)19-17(25)14-6-8-24(22-14)12(3)4/h6,8-9,11-13H,5,7,10H2,1-4H3,(H,19,25)(H,20,21). The van der Waals surface area contributed by atoms with Crippen molar-refractivity contribution in [3.05, 3.63) is 35.4 Å². The van der Waals surface area contributed by atoms with Crippen molar-refractivity contribution in [2.45, 2.75) is 52.1 Å². The van der Waals surface area contributed by atoms with Gasteiger partial charge in [0.15, 0.2) is 0 Å². The number of rotatable bonds is 5. The minimum atomic E-state index is -0.203. The first kappa shape index (κ1) is 18.2. The first-order valence-corrected chi connectivity index (χ1v) is 9.05. The number of carbonyl (C=O) groups is 2. The van der Waals surface area contributed by atoms with Crippen LogP contribution in [0, 0.1) is 0 Å². The van der Waals surface area contributed by atoms with Gasteiger partial charge in [-0.25, -0.2) is 0 Å². The zero-order chi connectivity index (χ0) is 18.8. The van der Waals surface area contributed by atoms with Gasteiger partial charge in [0.1, 0.15) is 11.4 Å². The normalized spacial score (nSPS) is 17.3. The van der Waals surface area contributed by atoms with Crippen LogP contribution in [0.4, 0.5) is 0 Å². The van der Waals surface area contributed by atoms with E-state index in [1.807, 2.05) is 27.7 Å². The Bertz CT molecular complexity index is 791. The molecule has 2 aromatic rings. The third-order valence-electron chi connectivity index (χ3n) is 4.62. The van der Waals surface area contributed by atoms with Gasteiger partial charge < -0.3 is 10.2 Å². The number of hydrogen-bond acceptors (Lipinski definition) is 4. The van der Waals surface area contributed by atoms with Crippen LogP contribution in [0.15, 0.2) is 18.3 Å². The highest BCUT2D eigenvalue weighted by Gasteiger charge is 2.29. The number of H-pyrrole nitrogens is 1. The summed E-state index contributed by atoms with van der Waals surface area (Å²) in [5.74, 6) is -0.0140. The molecule has 0 radical (unpaired) electrons. The largest absolute Gasteiger partial charge is 0.346 e. The van der Waals surface area contributed by atoms with Crippen molar-refractivity contribution in [2.24, 2.45) is 0 Å². The van der Waals surface area contributed by atoms with Crippen molar-refractivity contribution in [3.8, 4) is 0 Å². The lowest BCUT2D eigenvalue weighted by molar-refractivity contribution is 0.0777. The summed E-state index contributed by atoms with van der Waals surface area (Å²) in [4.78, 5) is 26.7. The third-order valence-corrected chi connectivity index (χ3v) is 4.62. The van der Waals surface area contributed by atoms with Gasteiger partial charge in [-0.2, -0.15) is 10.2 Å². The van der Waals surface area contributed by atoms with E-state index >= 15 is 0 Å². The van der Waals surface area contributed by atoms with E-state index < -0.39 is 0 Å². The maximum atomic E-state index is 12.6. The lowest BCUT2D eigenvalue weighted by Crippen LogP contribution is -2.38. The Labute approximate surface area is 152 Å². The SMILES string of the molecule is CC(C)c1cc(C(=O)N2CCC(NC(=O)c3ccn(C(C)C)n3)C2)n[nH]1. The van der Waals surface area contributed by atoms with E-state index in [0.717, 1.165) is 12.1 Å². The van der Waals surface area contributed by atoms with Crippen molar-refractivity contribution in [3.63, 3.8) is 0 Å². The van der Waals surface area contributed by atoms with Gasteiger partial charge in [0.2, 0.25) is 0 Å². The van der Waals surface area contributed by atoms with E-state index in [2.05, 4.69) is 20.6 Å². The van der Waals surface area contributed by atoms with Crippen LogP contribution in [0.3, 0.4) is 0 Å². The van der Waals surface area contributed by atoms with Crippen LogP contribution in [0.5, 0.6) is 0 Å². The van der Waals surface area contributed by atoms with Gasteiger partial charge in [0.25, 0.3) is 11.8 Å². The second-order valence-electron chi connectivity index (χ2n) is 7.35. The summed E-state index contributed by atoms with van der Waals surface area (Å²) < 4.78 is 1.75. The molecule has 0 spiro atoms. The lowest BCUT2D eigenvalue weighted by Gasteiger charge is -2.15. The number of nitrogens with zero attached hydrogens (tertiary/aromatic N) is 4. The quantitative estimate of drug-likeness (QED) is 0.854. The molecule has 1 unspecified atom stereocenters. The van der Waals surface area contributed by atoms with Crippen LogP contribution in [0.25, 0.3) is 0 Å². The van der Waals surface area contributed by atoms with Crippen LogP contribution in [0.1, 0.15) is 72.7 Å². The first-order valence-electron chi connectivity index (χ1n) is 9.05. The molecule has 26 heavy (non-hydrogen) atoms. The Balaban J connectivity index is 1.57. The first-order chi connectivity index (χ1) is 12.3. The van der Waals surface area contributed by atoms with Crippen molar-refractivity contribution < 1.29 is 9.59 Å². The number of carbonyl (C=O) groups excluding carboxylic acids is 2. The number of likely N-dealkylation sites (tertiary alicyclic amines) is 1. The zero-order valence-electron chi connectivity index (χ0n) is 15.7. The number of amides is 2. The van der Waals surface area contributed by atoms with Crippen LogP contribution in [0.2, 0.25) is 0 Å². The predicted molar refractivity (Wildman–Crippen MR) is 97.1 cm³/mol. The van der Waals surface area contributed by atoms with Gasteiger partial charge in [-0.1, -0.05) is 13.8 Å². The van der Waals surface area contributed by atoms with Gasteiger partial charge in [-0.15, -0.1) is 0 Å². The molecular weight excluding hydrogens is 332 g/mol. The molecule has 0 aromatic carbocycles. The molecule has 1 aliphatic heterocycles. The van der Waals surface area contributed by atoms with Crippen molar-refractivity contribution in [1.82, 2.24) is 30.2 Å². The van der Waals surface area contributed by atoms with E-state index in [4.69, 9.17) is 0 Å². The summed E-state index contributed by atoms with van der Waals surface area (Å²) >= 11 is 0. The molecular formula is C18H26N6O2. The highest BCUT2D eigenvalue weighted by molar-refractivity contribution is 5.94. The summed E-state index contributed by atoms with van der Waals surface area (Å²) in [5.41, 5.74) is 1.77. The summed E-state index contributed by atoms with van der Waals surface area (Å²) in [6, 6.07) is 3.65. The predicted octanol–water partition coefficient (Wildman–Crippen LogP) is 1.95. The molecule has 3 heterocycles. The summed E-state index contributed by atoms with van der Waals surface area (Å²) in [6.45, 7) is 9.20. The summed E-state index contributed by atoms with van der Waals surface area (Å²) in [5, 5.41) is 14.3. The van der Waals surface area contributed by atoms with Crippen LogP contribution in [-0.2, 0) is 0 Å². The molecule has 3 rings (SSSR count). The monoisotopic (exact) mass is 358 g/mol. The average molecular weight is 358 g/mol. The average Bonchev–Trinajstić information content (AvgIpc) is 3.33. The van der Waals surface area contributed by atoms with Crippen LogP contribution < -0.4 is 5.32 Å². The molecule has 8 nitrogen and oxygen atoms in total. The van der Waals surface area contributed by atoms with Gasteiger partial charge in [-0.05, 0) is 38.3 Å². The molecule has 0 bridgehead atoms. The van der Waals surface area contributed by atoms with Crippen molar-refractivity contribution >= 4 is 11.8 Å². The van der Waals surface area contributed by atoms with Gasteiger partial charge in [0, 0.05) is 37.1 Å². The molecule has 140 valence electrons. The second kappa shape index (κ2) is 7.31. The fourth-order valence-corrected chi connectivity index (χ4v) is 2.97. The maximum absolute atomic E-state index is 12.6. The molecule has 8 heteroatoms. The molecule has 0 aliphatic carbocycles. The second-order valence-corrected chi connectivity index (χ2v) is 7.35. The minimum absolute atomic E-state index is 0.0702. The van der Waals surface area contributed by atoms with E-state index in [0.29, 0.717) is 30.4 Å². The highest BCUT2D eigenvalue weighted by atomic mass is 16.2. The molecule has 1 aliphatic rings.